The highest BCUT2D eigenvalue weighted by Gasteiger charge is 2.15. The predicted octanol–water partition coefficient (Wildman–Crippen LogP) is 4.74. The number of hydrogen-bond acceptors (Lipinski definition) is 4. The maximum absolute atomic E-state index is 11.6. The first-order valence-corrected chi connectivity index (χ1v) is 9.46. The highest BCUT2D eigenvalue weighted by atomic mass is 16.6. The molecule has 0 saturated heterocycles. The Balaban J connectivity index is 0. The van der Waals surface area contributed by atoms with E-state index in [-0.39, 0.29) is 0 Å². The molecule has 2 aromatic rings. The van der Waals surface area contributed by atoms with E-state index in [0.29, 0.717) is 6.54 Å². The van der Waals surface area contributed by atoms with Gasteiger partial charge in [-0.3, -0.25) is 4.68 Å². The highest BCUT2D eigenvalue weighted by molar-refractivity contribution is 5.68. The second-order valence-corrected chi connectivity index (χ2v) is 5.96. The summed E-state index contributed by atoms with van der Waals surface area (Å²) in [4.78, 5) is 11.6. The number of ether oxygens (including phenoxy) is 1. The zero-order valence-electron chi connectivity index (χ0n) is 18.5. The van der Waals surface area contributed by atoms with E-state index in [1.807, 2.05) is 92.2 Å². The molecule has 0 saturated carbocycles. The molecule has 0 aliphatic rings. The molecular formula is C21H38N4O2. The van der Waals surface area contributed by atoms with E-state index in [2.05, 4.69) is 16.1 Å². The summed E-state index contributed by atoms with van der Waals surface area (Å²) in [7, 11) is 3.39. The summed E-state index contributed by atoms with van der Waals surface area (Å²) >= 11 is 0. The fourth-order valence-electron chi connectivity index (χ4n) is 1.87. The molecule has 0 fully saturated rings. The molecule has 0 aliphatic carbocycles. The Morgan fingerprint density at radius 2 is 1.59 bits per heavy atom. The molecule has 0 spiro atoms. The fourth-order valence-corrected chi connectivity index (χ4v) is 1.87. The Morgan fingerprint density at radius 1 is 1.07 bits per heavy atom. The number of nitrogens with two attached hydrogens (primary N) is 1. The van der Waals surface area contributed by atoms with Gasteiger partial charge in [0, 0.05) is 25.4 Å². The van der Waals surface area contributed by atoms with Crippen LogP contribution in [0.4, 0.5) is 4.79 Å². The van der Waals surface area contributed by atoms with Crippen molar-refractivity contribution in [1.29, 1.82) is 0 Å². The maximum Gasteiger partial charge on any atom is 0.407 e. The molecule has 27 heavy (non-hydrogen) atoms. The standard InChI is InChI=1S/C16H21N3O2.2C2H6.CH5N/c1-16(2,3)21-15(20)17-9-12-5-7-13(8-6-12)14-10-18-19(4)11-14;3*1-2/h5-8,10-11H,9H2,1-4H3,(H,17,20);2*1-2H3;2H2,1H3. The Kier molecular flexibility index (Phi) is 14.7. The molecule has 1 amide bonds. The van der Waals surface area contributed by atoms with E-state index < -0.39 is 11.7 Å². The summed E-state index contributed by atoms with van der Waals surface area (Å²) in [5.74, 6) is 0. The summed E-state index contributed by atoms with van der Waals surface area (Å²) in [5, 5.41) is 6.89. The largest absolute Gasteiger partial charge is 0.444 e. The number of alkyl carbamates (subject to hydrolysis) is 1. The molecule has 1 aromatic heterocycles. The minimum Gasteiger partial charge on any atom is -0.444 e. The van der Waals surface area contributed by atoms with Gasteiger partial charge in [0.25, 0.3) is 0 Å². The zero-order chi connectivity index (χ0) is 21.5. The number of carbonyl (C=O) groups excluding carboxylic acids is 1. The van der Waals surface area contributed by atoms with Crippen LogP contribution in [0.1, 0.15) is 54.0 Å². The lowest BCUT2D eigenvalue weighted by Crippen LogP contribution is -2.32. The molecule has 154 valence electrons. The minimum absolute atomic E-state index is 0.404. The summed E-state index contributed by atoms with van der Waals surface area (Å²) in [6.45, 7) is 14.0. The van der Waals surface area contributed by atoms with Crippen molar-refractivity contribution in [1.82, 2.24) is 15.1 Å². The summed E-state index contributed by atoms with van der Waals surface area (Å²) in [5.41, 5.74) is 7.22. The van der Waals surface area contributed by atoms with Crippen molar-refractivity contribution < 1.29 is 9.53 Å². The molecule has 0 atom stereocenters. The number of benzene rings is 1. The van der Waals surface area contributed by atoms with Gasteiger partial charge in [0.15, 0.2) is 0 Å². The first-order valence-electron chi connectivity index (χ1n) is 9.46. The van der Waals surface area contributed by atoms with Gasteiger partial charge in [-0.2, -0.15) is 5.10 Å². The molecule has 6 nitrogen and oxygen atoms in total. The van der Waals surface area contributed by atoms with Crippen LogP contribution in [0.15, 0.2) is 36.7 Å². The van der Waals surface area contributed by atoms with Crippen LogP contribution >= 0.6 is 0 Å². The lowest BCUT2D eigenvalue weighted by atomic mass is 10.1. The number of carbonyl (C=O) groups is 1. The number of aromatic nitrogens is 2. The van der Waals surface area contributed by atoms with Crippen LogP contribution in [-0.4, -0.2) is 28.5 Å². The molecule has 1 heterocycles. The average molecular weight is 379 g/mol. The third-order valence-corrected chi connectivity index (χ3v) is 2.83. The molecule has 3 N–H and O–H groups in total. The van der Waals surface area contributed by atoms with Gasteiger partial charge in [0.1, 0.15) is 5.60 Å². The molecule has 0 unspecified atom stereocenters. The highest BCUT2D eigenvalue weighted by Crippen LogP contribution is 2.18. The molecule has 6 heteroatoms. The van der Waals surface area contributed by atoms with Gasteiger partial charge >= 0.3 is 6.09 Å². The van der Waals surface area contributed by atoms with E-state index in [4.69, 9.17) is 4.74 Å². The van der Waals surface area contributed by atoms with Crippen LogP contribution < -0.4 is 11.1 Å². The minimum atomic E-state index is -0.478. The normalized spacial score (nSPS) is 9.41. The van der Waals surface area contributed by atoms with E-state index in [1.54, 1.807) is 4.68 Å². The average Bonchev–Trinajstić information content (AvgIpc) is 3.10. The summed E-state index contributed by atoms with van der Waals surface area (Å²) in [6, 6.07) is 8.01. The van der Waals surface area contributed by atoms with E-state index >= 15 is 0 Å². The SMILES string of the molecule is CC.CC.CN.Cn1cc(-c2ccc(CNC(=O)OC(C)(C)C)cc2)cn1. The van der Waals surface area contributed by atoms with Crippen molar-refractivity contribution in [3.05, 3.63) is 42.2 Å². The Morgan fingerprint density at radius 3 is 2.00 bits per heavy atom. The monoisotopic (exact) mass is 378 g/mol. The fraction of sp³-hybridized carbons (Fsp3) is 0.524. The van der Waals surface area contributed by atoms with Crippen molar-refractivity contribution in [2.45, 2.75) is 60.6 Å². The smallest absolute Gasteiger partial charge is 0.407 e. The first kappa shape index (κ1) is 26.9. The van der Waals surface area contributed by atoms with Crippen LogP contribution in [0, 0.1) is 0 Å². The van der Waals surface area contributed by atoms with Crippen LogP contribution in [0.2, 0.25) is 0 Å². The maximum atomic E-state index is 11.6. The summed E-state index contributed by atoms with van der Waals surface area (Å²) < 4.78 is 6.97. The van der Waals surface area contributed by atoms with Crippen molar-refractivity contribution in [3.63, 3.8) is 0 Å². The van der Waals surface area contributed by atoms with E-state index in [1.165, 1.54) is 7.05 Å². The van der Waals surface area contributed by atoms with Gasteiger partial charge < -0.3 is 15.8 Å². The molecular weight excluding hydrogens is 340 g/mol. The number of amides is 1. The Bertz CT molecular complexity index is 614. The van der Waals surface area contributed by atoms with Gasteiger partial charge in [0.2, 0.25) is 0 Å². The third-order valence-electron chi connectivity index (χ3n) is 2.83. The number of nitrogens with one attached hydrogen (secondary N) is 1. The van der Waals surface area contributed by atoms with Crippen LogP contribution in [0.3, 0.4) is 0 Å². The molecule has 0 radical (unpaired) electrons. The second kappa shape index (κ2) is 14.8. The molecule has 1 aromatic carbocycles. The third kappa shape index (κ3) is 11.8. The van der Waals surface area contributed by atoms with Gasteiger partial charge in [-0.15, -0.1) is 0 Å². The van der Waals surface area contributed by atoms with E-state index in [0.717, 1.165) is 16.7 Å². The molecule has 0 bridgehead atoms. The van der Waals surface area contributed by atoms with Gasteiger partial charge in [-0.1, -0.05) is 52.0 Å². The predicted molar refractivity (Wildman–Crippen MR) is 115 cm³/mol. The van der Waals surface area contributed by atoms with Crippen molar-refractivity contribution >= 4 is 6.09 Å². The molecule has 2 rings (SSSR count). The topological polar surface area (TPSA) is 82.2 Å². The van der Waals surface area contributed by atoms with Gasteiger partial charge in [-0.05, 0) is 38.9 Å². The number of nitrogens with zero attached hydrogens (tertiary/aromatic N) is 2. The second-order valence-electron chi connectivity index (χ2n) is 5.96. The number of rotatable bonds is 3. The first-order chi connectivity index (χ1) is 12.8. The molecule has 0 aliphatic heterocycles. The van der Waals surface area contributed by atoms with Gasteiger partial charge in [-0.25, -0.2) is 4.79 Å². The van der Waals surface area contributed by atoms with Crippen LogP contribution in [0.5, 0.6) is 0 Å². The van der Waals surface area contributed by atoms with Crippen molar-refractivity contribution in [3.8, 4) is 11.1 Å². The van der Waals surface area contributed by atoms with Crippen LogP contribution in [-0.2, 0) is 18.3 Å². The van der Waals surface area contributed by atoms with Crippen molar-refractivity contribution in [2.75, 3.05) is 7.05 Å². The quantitative estimate of drug-likeness (QED) is 0.808. The van der Waals surface area contributed by atoms with E-state index in [9.17, 15) is 4.79 Å². The van der Waals surface area contributed by atoms with Gasteiger partial charge in [0.05, 0.1) is 6.20 Å². The Hall–Kier alpha value is -2.34. The summed E-state index contributed by atoms with van der Waals surface area (Å²) in [6.07, 6.45) is 3.39. The number of aryl methyl sites for hydroxylation is 1. The lowest BCUT2D eigenvalue weighted by Gasteiger charge is -2.19. The Labute approximate surface area is 165 Å². The number of hydrogen-bond donors (Lipinski definition) is 2. The van der Waals surface area contributed by atoms with Crippen LogP contribution in [0.25, 0.3) is 11.1 Å². The van der Waals surface area contributed by atoms with Crippen molar-refractivity contribution in [2.24, 2.45) is 12.8 Å². The zero-order valence-corrected chi connectivity index (χ0v) is 18.5. The lowest BCUT2D eigenvalue weighted by molar-refractivity contribution is 0.0523.